The highest BCUT2D eigenvalue weighted by molar-refractivity contribution is 5.95. The van der Waals surface area contributed by atoms with E-state index in [0.717, 1.165) is 79.0 Å². The molecule has 298 valence electrons. The molecule has 2 atom stereocenters. The summed E-state index contributed by atoms with van der Waals surface area (Å²) >= 11 is 0. The van der Waals surface area contributed by atoms with E-state index in [1.165, 1.54) is 22.3 Å². The van der Waals surface area contributed by atoms with E-state index < -0.39 is 0 Å². The Morgan fingerprint density at radius 3 is 1.31 bits per heavy atom. The van der Waals surface area contributed by atoms with E-state index in [2.05, 4.69) is 128 Å². The number of nitrogens with zero attached hydrogens (tertiary/aromatic N) is 2. The number of carbonyl (C=O) groups is 2. The lowest BCUT2D eigenvalue weighted by atomic mass is 9.68. The number of anilines is 2. The van der Waals surface area contributed by atoms with Gasteiger partial charge in [0.25, 0.3) is 0 Å². The minimum absolute atomic E-state index is 0.0720. The molecule has 0 spiro atoms. The predicted octanol–water partition coefficient (Wildman–Crippen LogP) is 9.03. The molecule has 6 aromatic rings. The van der Waals surface area contributed by atoms with Crippen LogP contribution < -0.4 is 20.1 Å². The summed E-state index contributed by atoms with van der Waals surface area (Å²) in [6, 6.07) is 37.5. The van der Waals surface area contributed by atoms with Crippen molar-refractivity contribution in [3.05, 3.63) is 166 Å². The molecule has 10 rings (SSSR count). The van der Waals surface area contributed by atoms with Crippen molar-refractivity contribution in [2.75, 3.05) is 24.9 Å². The standard InChI is InChI=1S/C25H25N3O2.C24H23N3O2/c1-30-20-12-10-19(11-13-20)25(18-8-3-2-4-9-18)15-14-21-22(16-25)27-28-23(21)26-24(29)17-6-5-7-17;1-29-19-11-9-18(10-12-19)24(17-5-3-2-4-6-17)14-13-20-21(15-24)26-27-22(20)25-23(28)16-7-8-16/h2-4,8-15,17H,5-7,16H2,1H3,(H2,26,27,28,29);2-6,9-14,16H,7-8,15H2,1H3,(H2,25,26,27,28). The Hall–Kier alpha value is -6.68. The topological polar surface area (TPSA) is 134 Å². The summed E-state index contributed by atoms with van der Waals surface area (Å²) in [6.07, 6.45) is 15.2. The van der Waals surface area contributed by atoms with Gasteiger partial charge in [-0.1, -0.05) is 116 Å². The number of ether oxygens (including phenoxy) is 2. The zero-order valence-electron chi connectivity index (χ0n) is 33.3. The monoisotopic (exact) mass is 784 g/mol. The third-order valence-corrected chi connectivity index (χ3v) is 12.4. The third-order valence-electron chi connectivity index (χ3n) is 12.4. The molecule has 2 heterocycles. The number of nitrogens with one attached hydrogen (secondary N) is 4. The van der Waals surface area contributed by atoms with Crippen LogP contribution in [0.15, 0.2) is 121 Å². The molecule has 2 fully saturated rings. The predicted molar refractivity (Wildman–Crippen MR) is 230 cm³/mol. The summed E-state index contributed by atoms with van der Waals surface area (Å²) in [5.41, 5.74) is 8.17. The van der Waals surface area contributed by atoms with E-state index >= 15 is 0 Å². The number of fused-ring (bicyclic) bond motifs is 2. The Morgan fingerprint density at radius 2 is 0.949 bits per heavy atom. The molecular formula is C49H48N6O4. The van der Waals surface area contributed by atoms with Gasteiger partial charge < -0.3 is 20.1 Å². The first-order valence-corrected chi connectivity index (χ1v) is 20.4. The van der Waals surface area contributed by atoms with Gasteiger partial charge in [0, 0.05) is 58.0 Å². The maximum absolute atomic E-state index is 12.4. The molecule has 4 aliphatic carbocycles. The van der Waals surface area contributed by atoms with Crippen molar-refractivity contribution in [1.82, 2.24) is 20.4 Å². The van der Waals surface area contributed by atoms with Crippen LogP contribution in [0, 0.1) is 11.8 Å². The van der Waals surface area contributed by atoms with Crippen molar-refractivity contribution in [2.45, 2.75) is 55.8 Å². The van der Waals surface area contributed by atoms with E-state index in [1.807, 2.05) is 36.4 Å². The van der Waals surface area contributed by atoms with Crippen molar-refractivity contribution in [3.8, 4) is 11.5 Å². The van der Waals surface area contributed by atoms with E-state index in [4.69, 9.17) is 9.47 Å². The Kier molecular flexibility index (Phi) is 10.2. The molecule has 10 heteroatoms. The lowest BCUT2D eigenvalue weighted by Gasteiger charge is -2.34. The van der Waals surface area contributed by atoms with Crippen molar-refractivity contribution >= 4 is 35.6 Å². The minimum atomic E-state index is -0.317. The number of rotatable bonds is 10. The van der Waals surface area contributed by atoms with Crippen molar-refractivity contribution < 1.29 is 19.1 Å². The van der Waals surface area contributed by atoms with E-state index in [0.29, 0.717) is 11.6 Å². The van der Waals surface area contributed by atoms with Crippen LogP contribution in [0.2, 0.25) is 0 Å². The van der Waals surface area contributed by atoms with Crippen LogP contribution in [0.25, 0.3) is 12.2 Å². The Morgan fingerprint density at radius 1 is 0.559 bits per heavy atom. The first-order chi connectivity index (χ1) is 28.9. The largest absolute Gasteiger partial charge is 0.497 e. The number of amides is 2. The third kappa shape index (κ3) is 7.35. The number of benzene rings is 4. The molecule has 0 aliphatic heterocycles. The van der Waals surface area contributed by atoms with Crippen LogP contribution in [0.1, 0.15) is 76.9 Å². The van der Waals surface area contributed by atoms with Gasteiger partial charge in [-0.3, -0.25) is 19.8 Å². The molecule has 2 aromatic heterocycles. The molecule has 0 saturated heterocycles. The fraction of sp³-hybridized carbons (Fsp3) is 0.265. The molecule has 59 heavy (non-hydrogen) atoms. The second-order valence-electron chi connectivity index (χ2n) is 16.0. The first kappa shape index (κ1) is 37.9. The summed E-state index contributed by atoms with van der Waals surface area (Å²) < 4.78 is 10.7. The molecular weight excluding hydrogens is 737 g/mol. The number of allylic oxidation sites excluding steroid dienone is 2. The number of aromatic nitrogens is 4. The molecule has 4 N–H and O–H groups in total. The molecule has 2 amide bonds. The molecule has 10 nitrogen and oxygen atoms in total. The lowest BCUT2D eigenvalue weighted by Crippen LogP contribution is -2.31. The van der Waals surface area contributed by atoms with Gasteiger partial charge in [-0.15, -0.1) is 0 Å². The quantitative estimate of drug-likeness (QED) is 0.110. The summed E-state index contributed by atoms with van der Waals surface area (Å²) in [6.45, 7) is 0. The normalized spacial score (nSPS) is 20.2. The zero-order valence-corrected chi connectivity index (χ0v) is 33.3. The van der Waals surface area contributed by atoms with Crippen LogP contribution in [0.5, 0.6) is 11.5 Å². The molecule has 0 radical (unpaired) electrons. The smallest absolute Gasteiger partial charge is 0.228 e. The molecule has 4 aromatic carbocycles. The van der Waals surface area contributed by atoms with Crippen molar-refractivity contribution in [3.63, 3.8) is 0 Å². The SMILES string of the molecule is COc1ccc(C2(c3ccccc3)C=Cc3c(NC(=O)C4CC4)n[nH]c3C2)cc1.COc1ccc(C2(c3ccccc3)C=Cc3c(NC(=O)C4CCC4)n[nH]c3C2)cc1. The van der Waals surface area contributed by atoms with E-state index in [1.54, 1.807) is 14.2 Å². The molecule has 4 aliphatic rings. The molecule has 2 unspecified atom stereocenters. The summed E-state index contributed by atoms with van der Waals surface area (Å²) in [5.74, 6) is 3.38. The van der Waals surface area contributed by atoms with Gasteiger partial charge in [-0.2, -0.15) is 10.2 Å². The van der Waals surface area contributed by atoms with Crippen molar-refractivity contribution in [1.29, 1.82) is 0 Å². The average molecular weight is 785 g/mol. The number of H-pyrrole nitrogens is 2. The van der Waals surface area contributed by atoms with Crippen LogP contribution in [-0.2, 0) is 33.3 Å². The number of aromatic amines is 2. The summed E-state index contributed by atoms with van der Waals surface area (Å²) in [4.78, 5) is 24.6. The Labute approximate surface area is 344 Å². The maximum Gasteiger partial charge on any atom is 0.228 e. The Bertz CT molecular complexity index is 2500. The van der Waals surface area contributed by atoms with Crippen LogP contribution in [0.3, 0.4) is 0 Å². The number of methoxy groups -OCH3 is 2. The van der Waals surface area contributed by atoms with E-state index in [-0.39, 0.29) is 34.5 Å². The fourth-order valence-corrected chi connectivity index (χ4v) is 8.55. The number of hydrogen-bond acceptors (Lipinski definition) is 6. The summed E-state index contributed by atoms with van der Waals surface area (Å²) in [7, 11) is 3.36. The summed E-state index contributed by atoms with van der Waals surface area (Å²) in [5, 5.41) is 21.2. The first-order valence-electron chi connectivity index (χ1n) is 20.4. The minimum Gasteiger partial charge on any atom is -0.497 e. The number of carbonyl (C=O) groups excluding carboxylic acids is 2. The van der Waals surface area contributed by atoms with Gasteiger partial charge in [0.05, 0.1) is 14.2 Å². The lowest BCUT2D eigenvalue weighted by molar-refractivity contribution is -0.122. The van der Waals surface area contributed by atoms with Gasteiger partial charge in [-0.05, 0) is 72.2 Å². The van der Waals surface area contributed by atoms with Gasteiger partial charge in [0.1, 0.15) is 11.5 Å². The highest BCUT2D eigenvalue weighted by Gasteiger charge is 2.39. The average Bonchev–Trinajstić information content (AvgIpc) is 3.96. The Balaban J connectivity index is 0.000000152. The second-order valence-corrected chi connectivity index (χ2v) is 16.0. The number of hydrogen-bond donors (Lipinski definition) is 4. The highest BCUT2D eigenvalue weighted by atomic mass is 16.5. The molecule has 0 bridgehead atoms. The fourth-order valence-electron chi connectivity index (χ4n) is 8.55. The van der Waals surface area contributed by atoms with Gasteiger partial charge in [0.2, 0.25) is 11.8 Å². The zero-order chi connectivity index (χ0) is 40.4. The van der Waals surface area contributed by atoms with Gasteiger partial charge >= 0.3 is 0 Å². The van der Waals surface area contributed by atoms with Gasteiger partial charge in [0.15, 0.2) is 11.6 Å². The molecule has 2 saturated carbocycles. The van der Waals surface area contributed by atoms with Crippen LogP contribution >= 0.6 is 0 Å². The van der Waals surface area contributed by atoms with Gasteiger partial charge in [-0.25, -0.2) is 0 Å². The maximum atomic E-state index is 12.4. The van der Waals surface area contributed by atoms with Crippen LogP contribution in [0.4, 0.5) is 11.6 Å². The van der Waals surface area contributed by atoms with Crippen LogP contribution in [-0.4, -0.2) is 46.4 Å². The van der Waals surface area contributed by atoms with E-state index in [9.17, 15) is 9.59 Å². The second kappa shape index (κ2) is 15.9. The van der Waals surface area contributed by atoms with Crippen molar-refractivity contribution in [2.24, 2.45) is 11.8 Å². The highest BCUT2D eigenvalue weighted by Crippen LogP contribution is 2.45.